The van der Waals surface area contributed by atoms with Gasteiger partial charge in [0.2, 0.25) is 5.69 Å². The van der Waals surface area contributed by atoms with Gasteiger partial charge >= 0.3 is 0 Å². The number of hydrogen-bond donors (Lipinski definition) is 0. The molecule has 6 aromatic heterocycles. The van der Waals surface area contributed by atoms with Crippen molar-refractivity contribution >= 4 is 144 Å². The van der Waals surface area contributed by atoms with Crippen LogP contribution in [0.2, 0.25) is 0 Å². The number of nitrogens with zero attached hydrogens (tertiary/aromatic N) is 5. The zero-order chi connectivity index (χ0) is 45.5. The molecule has 318 valence electrons. The van der Waals surface area contributed by atoms with Gasteiger partial charge in [0, 0.05) is 91.5 Å². The molecule has 6 heterocycles. The van der Waals surface area contributed by atoms with Crippen LogP contribution in [0.15, 0.2) is 188 Å². The number of benzene rings is 9. The first-order chi connectivity index (χ1) is 34.2. The van der Waals surface area contributed by atoms with E-state index in [1.54, 1.807) is 34.0 Å². The van der Waals surface area contributed by atoms with E-state index in [2.05, 4.69) is 158 Å². The molecule has 0 unspecified atom stereocenters. The van der Waals surface area contributed by atoms with Crippen molar-refractivity contribution < 1.29 is 0 Å². The molecule has 15 rings (SSSR count). The molecule has 0 radical (unpaired) electrons. The molecule has 0 aliphatic rings. The highest BCUT2D eigenvalue weighted by molar-refractivity contribution is 7.27. The Hall–Kier alpha value is -8.63. The lowest BCUT2D eigenvalue weighted by Gasteiger charge is -2.26. The molecule has 0 amide bonds. The summed E-state index contributed by atoms with van der Waals surface area (Å²) in [6, 6.07) is 65.1. The SMILES string of the molecule is [C-]#[N+]c1c(-c2ccccc2)c(C#N)c(-n2c3ccccc3c3ccc4c5ccccc5sc4c32)c(-c2ccncc2)c1-n1c2c(ccc3c4ccccc4sc32)c2ccc3c4ccccc4sc3c21. The Morgan fingerprint density at radius 3 is 1.38 bits per heavy atom. The van der Waals surface area contributed by atoms with Gasteiger partial charge in [-0.3, -0.25) is 4.98 Å². The maximum atomic E-state index is 12.1. The Morgan fingerprint density at radius 2 is 0.855 bits per heavy atom. The Bertz CT molecular complexity index is 4670. The van der Waals surface area contributed by atoms with Gasteiger partial charge in [-0.2, -0.15) is 5.26 Å². The summed E-state index contributed by atoms with van der Waals surface area (Å²) < 4.78 is 11.8. The third-order valence-electron chi connectivity index (χ3n) is 14.1. The minimum Gasteiger partial charge on any atom is -0.316 e. The molecular formula is C61H31N5S3. The van der Waals surface area contributed by atoms with Crippen LogP contribution in [0, 0.1) is 17.9 Å². The highest BCUT2D eigenvalue weighted by atomic mass is 32.1. The molecule has 0 aliphatic heterocycles. The van der Waals surface area contributed by atoms with E-state index in [1.165, 1.54) is 46.4 Å². The van der Waals surface area contributed by atoms with Crippen molar-refractivity contribution in [1.82, 2.24) is 14.1 Å². The van der Waals surface area contributed by atoms with Gasteiger partial charge in [-0.15, -0.1) is 34.0 Å². The lowest BCUT2D eigenvalue weighted by molar-refractivity contribution is 1.14. The normalized spacial score (nSPS) is 12.0. The van der Waals surface area contributed by atoms with Crippen molar-refractivity contribution in [3.8, 4) is 39.7 Å². The third-order valence-corrected chi connectivity index (χ3v) is 17.7. The average molecular weight is 930 g/mol. The molecule has 0 saturated carbocycles. The van der Waals surface area contributed by atoms with Crippen molar-refractivity contribution in [1.29, 1.82) is 5.26 Å². The fraction of sp³-hybridized carbons (Fsp3) is 0. The van der Waals surface area contributed by atoms with E-state index >= 15 is 0 Å². The van der Waals surface area contributed by atoms with Crippen molar-refractivity contribution in [2.45, 2.75) is 0 Å². The first kappa shape index (κ1) is 38.5. The van der Waals surface area contributed by atoms with Gasteiger partial charge < -0.3 is 9.13 Å². The standard InChI is InChI=1S/C61H31N5S3/c1-63-53-51(34-13-3-2-4-14-34)46(33-62)54(65-47-19-9-5-15-36(47)40-23-26-43-37-16-6-10-20-48(37)67-59(43)55(40)65)52(35-29-31-64-32-30-35)58(53)66-56-41(24-27-44-38-17-7-11-21-49(38)68-60(44)56)42-25-28-45-39-18-8-12-22-50(39)69-61(45)57(42)66/h2-32H. The second kappa shape index (κ2) is 14.4. The molecule has 69 heavy (non-hydrogen) atoms. The first-order valence-electron chi connectivity index (χ1n) is 22.7. The van der Waals surface area contributed by atoms with E-state index < -0.39 is 0 Å². The van der Waals surface area contributed by atoms with E-state index in [1.807, 2.05) is 54.9 Å². The summed E-state index contributed by atoms with van der Waals surface area (Å²) in [5.74, 6) is 0. The van der Waals surface area contributed by atoms with Crippen molar-refractivity contribution in [3.63, 3.8) is 0 Å². The minimum atomic E-state index is 0.413. The average Bonchev–Trinajstić information content (AvgIpc) is 4.23. The van der Waals surface area contributed by atoms with Crippen LogP contribution >= 0.6 is 34.0 Å². The van der Waals surface area contributed by atoms with E-state index in [0.717, 1.165) is 85.8 Å². The minimum absolute atomic E-state index is 0.413. The van der Waals surface area contributed by atoms with Crippen LogP contribution in [0.3, 0.4) is 0 Å². The van der Waals surface area contributed by atoms with Gasteiger partial charge in [0.1, 0.15) is 6.07 Å². The van der Waals surface area contributed by atoms with E-state index in [4.69, 9.17) is 0 Å². The van der Waals surface area contributed by atoms with Crippen LogP contribution in [-0.4, -0.2) is 14.1 Å². The van der Waals surface area contributed by atoms with Crippen molar-refractivity contribution in [3.05, 3.63) is 205 Å². The molecule has 9 aromatic carbocycles. The second-order valence-corrected chi connectivity index (χ2v) is 20.7. The highest BCUT2D eigenvalue weighted by Gasteiger charge is 2.33. The Kier molecular flexibility index (Phi) is 8.05. The summed E-state index contributed by atoms with van der Waals surface area (Å²) in [6.45, 7) is 9.49. The summed E-state index contributed by atoms with van der Waals surface area (Å²) in [5.41, 5.74) is 9.44. The molecular weight excluding hydrogens is 899 g/mol. The second-order valence-electron chi connectivity index (χ2n) is 17.5. The number of para-hydroxylation sites is 1. The van der Waals surface area contributed by atoms with Crippen LogP contribution in [0.25, 0.3) is 143 Å². The zero-order valence-corrected chi connectivity index (χ0v) is 38.8. The van der Waals surface area contributed by atoms with Crippen molar-refractivity contribution in [2.75, 3.05) is 0 Å². The zero-order valence-electron chi connectivity index (χ0n) is 36.4. The van der Waals surface area contributed by atoms with E-state index in [0.29, 0.717) is 16.8 Å². The molecule has 0 aliphatic carbocycles. The van der Waals surface area contributed by atoms with E-state index in [9.17, 15) is 11.8 Å². The van der Waals surface area contributed by atoms with Gasteiger partial charge in [0.25, 0.3) is 0 Å². The predicted octanol–water partition coefficient (Wildman–Crippen LogP) is 18.1. The molecule has 0 spiro atoms. The molecule has 0 N–H and O–H groups in total. The molecule has 0 saturated heterocycles. The predicted molar refractivity (Wildman–Crippen MR) is 293 cm³/mol. The lowest BCUT2D eigenvalue weighted by Crippen LogP contribution is -2.09. The molecule has 0 bridgehead atoms. The topological polar surface area (TPSA) is 50.9 Å². The Balaban J connectivity index is 1.27. The molecule has 5 nitrogen and oxygen atoms in total. The van der Waals surface area contributed by atoms with Gasteiger partial charge in [-0.25, -0.2) is 4.85 Å². The number of hydrogen-bond acceptors (Lipinski definition) is 5. The van der Waals surface area contributed by atoms with Crippen LogP contribution in [0.4, 0.5) is 5.69 Å². The Morgan fingerprint density at radius 1 is 0.420 bits per heavy atom. The van der Waals surface area contributed by atoms with Crippen molar-refractivity contribution in [2.24, 2.45) is 0 Å². The summed E-state index contributed by atoms with van der Waals surface area (Å²) >= 11 is 5.38. The summed E-state index contributed by atoms with van der Waals surface area (Å²) in [7, 11) is 0. The third kappa shape index (κ3) is 5.17. The maximum absolute atomic E-state index is 12.1. The van der Waals surface area contributed by atoms with Gasteiger partial charge in [0.05, 0.1) is 59.7 Å². The summed E-state index contributed by atoms with van der Waals surface area (Å²) in [4.78, 5) is 9.21. The van der Waals surface area contributed by atoms with Gasteiger partial charge in [-0.1, -0.05) is 140 Å². The molecule has 0 atom stereocenters. The number of aromatic nitrogens is 3. The van der Waals surface area contributed by atoms with Crippen LogP contribution in [-0.2, 0) is 0 Å². The number of thiophene rings is 3. The van der Waals surface area contributed by atoms with E-state index in [-0.39, 0.29) is 0 Å². The first-order valence-corrected chi connectivity index (χ1v) is 25.1. The van der Waals surface area contributed by atoms with Crippen LogP contribution in [0.1, 0.15) is 5.56 Å². The van der Waals surface area contributed by atoms with Crippen LogP contribution < -0.4 is 0 Å². The van der Waals surface area contributed by atoms with Crippen LogP contribution in [0.5, 0.6) is 0 Å². The fourth-order valence-corrected chi connectivity index (χ4v) is 15.0. The maximum Gasteiger partial charge on any atom is 0.220 e. The number of pyridine rings is 1. The number of nitriles is 1. The monoisotopic (exact) mass is 929 g/mol. The Labute approximate surface area is 405 Å². The summed E-state index contributed by atoms with van der Waals surface area (Å²) in [6.07, 6.45) is 3.65. The molecule has 8 heteroatoms. The smallest absolute Gasteiger partial charge is 0.220 e. The largest absolute Gasteiger partial charge is 0.316 e. The summed E-state index contributed by atoms with van der Waals surface area (Å²) in [5, 5.41) is 23.6. The highest BCUT2D eigenvalue weighted by Crippen LogP contribution is 2.55. The lowest BCUT2D eigenvalue weighted by atomic mass is 9.89. The number of fused-ring (bicyclic) bond motifs is 18. The van der Waals surface area contributed by atoms with Gasteiger partial charge in [0.15, 0.2) is 0 Å². The molecule has 15 aromatic rings. The number of rotatable bonds is 4. The van der Waals surface area contributed by atoms with Gasteiger partial charge in [-0.05, 0) is 47.5 Å². The molecule has 0 fully saturated rings. The quantitative estimate of drug-likeness (QED) is 0.165. The fourth-order valence-electron chi connectivity index (χ4n) is 11.3.